The fourth-order valence-corrected chi connectivity index (χ4v) is 1.80. The van der Waals surface area contributed by atoms with Gasteiger partial charge in [-0.2, -0.15) is 0 Å². The Hall–Kier alpha value is -2.27. The van der Waals surface area contributed by atoms with Gasteiger partial charge in [-0.25, -0.2) is 14.8 Å². The van der Waals surface area contributed by atoms with Gasteiger partial charge in [-0.3, -0.25) is 0 Å². The Morgan fingerprint density at radius 1 is 1.33 bits per heavy atom. The highest BCUT2D eigenvalue weighted by molar-refractivity contribution is 5.75. The minimum atomic E-state index is -0.628. The number of rotatable bonds is 6. The molecule has 1 aromatic heterocycles. The summed E-state index contributed by atoms with van der Waals surface area (Å²) in [6, 6.07) is 7.58. The molecular weight excluding hydrogens is 268 g/mol. The van der Waals surface area contributed by atoms with Gasteiger partial charge in [-0.15, -0.1) is 6.58 Å². The van der Waals surface area contributed by atoms with E-state index < -0.39 is 12.1 Å². The van der Waals surface area contributed by atoms with Gasteiger partial charge < -0.3 is 9.47 Å². The highest BCUT2D eigenvalue weighted by atomic mass is 16.6. The van der Waals surface area contributed by atoms with E-state index in [1.807, 2.05) is 31.2 Å². The van der Waals surface area contributed by atoms with Crippen LogP contribution in [-0.4, -0.2) is 28.6 Å². The topological polar surface area (TPSA) is 61.3 Å². The van der Waals surface area contributed by atoms with Crippen LogP contribution in [0.2, 0.25) is 0 Å². The van der Waals surface area contributed by atoms with Crippen molar-refractivity contribution in [3.8, 4) is 0 Å². The third kappa shape index (κ3) is 3.86. The predicted molar refractivity (Wildman–Crippen MR) is 79.7 cm³/mol. The van der Waals surface area contributed by atoms with Crippen LogP contribution in [0.15, 0.2) is 36.9 Å². The molecular formula is C16H18N2O3. The average molecular weight is 286 g/mol. The maximum Gasteiger partial charge on any atom is 0.335 e. The maximum atomic E-state index is 11.8. The van der Waals surface area contributed by atoms with Crippen molar-refractivity contribution in [1.82, 2.24) is 9.97 Å². The molecule has 1 atom stereocenters. The molecule has 0 aliphatic heterocycles. The number of fused-ring (bicyclic) bond motifs is 1. The van der Waals surface area contributed by atoms with Crippen LogP contribution in [0.25, 0.3) is 11.0 Å². The zero-order valence-corrected chi connectivity index (χ0v) is 12.2. The Morgan fingerprint density at radius 2 is 2.00 bits per heavy atom. The Labute approximate surface area is 123 Å². The van der Waals surface area contributed by atoms with Crippen LogP contribution in [0.4, 0.5) is 0 Å². The lowest BCUT2D eigenvalue weighted by molar-refractivity contribution is -0.156. The SMILES string of the molecule is C=CCOC(C)C(=O)OCc1nc2ccccc2nc1C. The van der Waals surface area contributed by atoms with Crippen molar-refractivity contribution < 1.29 is 14.3 Å². The Morgan fingerprint density at radius 3 is 2.67 bits per heavy atom. The fraction of sp³-hybridized carbons (Fsp3) is 0.312. The molecule has 1 heterocycles. The molecule has 0 saturated carbocycles. The van der Waals surface area contributed by atoms with Crippen LogP contribution in [0.1, 0.15) is 18.3 Å². The van der Waals surface area contributed by atoms with Gasteiger partial charge in [0.2, 0.25) is 0 Å². The first kappa shape index (κ1) is 15.1. The van der Waals surface area contributed by atoms with Crippen molar-refractivity contribution >= 4 is 17.0 Å². The van der Waals surface area contributed by atoms with Gasteiger partial charge >= 0.3 is 5.97 Å². The third-order valence-corrected chi connectivity index (χ3v) is 2.99. The molecule has 0 saturated heterocycles. The number of esters is 1. The van der Waals surface area contributed by atoms with E-state index >= 15 is 0 Å². The van der Waals surface area contributed by atoms with E-state index in [-0.39, 0.29) is 6.61 Å². The zero-order chi connectivity index (χ0) is 15.2. The molecule has 0 aliphatic rings. The Bertz CT molecular complexity index is 655. The summed E-state index contributed by atoms with van der Waals surface area (Å²) in [5, 5.41) is 0. The lowest BCUT2D eigenvalue weighted by atomic mass is 10.2. The van der Waals surface area contributed by atoms with Crippen molar-refractivity contribution in [1.29, 1.82) is 0 Å². The number of carbonyl (C=O) groups is 1. The summed E-state index contributed by atoms with van der Waals surface area (Å²) in [6.45, 7) is 7.42. The van der Waals surface area contributed by atoms with E-state index in [1.54, 1.807) is 13.0 Å². The van der Waals surface area contributed by atoms with Gasteiger partial charge in [0, 0.05) is 0 Å². The number of hydrogen-bond donors (Lipinski definition) is 0. The standard InChI is InChI=1S/C16H18N2O3/c1-4-9-20-12(3)16(19)21-10-15-11(2)17-13-7-5-6-8-14(13)18-15/h4-8,12H,1,9-10H2,2-3H3. The summed E-state index contributed by atoms with van der Waals surface area (Å²) in [6.07, 6.45) is 0.958. The first-order chi connectivity index (χ1) is 10.1. The smallest absolute Gasteiger partial charge is 0.335 e. The highest BCUT2D eigenvalue weighted by Gasteiger charge is 2.15. The van der Waals surface area contributed by atoms with Gasteiger partial charge in [-0.05, 0) is 26.0 Å². The van der Waals surface area contributed by atoms with E-state index in [9.17, 15) is 4.79 Å². The summed E-state index contributed by atoms with van der Waals surface area (Å²) in [5.41, 5.74) is 3.01. The van der Waals surface area contributed by atoms with E-state index in [4.69, 9.17) is 9.47 Å². The van der Waals surface area contributed by atoms with Crippen LogP contribution in [0.5, 0.6) is 0 Å². The summed E-state index contributed by atoms with van der Waals surface area (Å²) in [5.74, 6) is -0.425. The molecule has 5 heteroatoms. The second-order valence-corrected chi connectivity index (χ2v) is 4.62. The molecule has 2 rings (SSSR count). The number of para-hydroxylation sites is 2. The summed E-state index contributed by atoms with van der Waals surface area (Å²) in [4.78, 5) is 20.7. The number of nitrogens with zero attached hydrogens (tertiary/aromatic N) is 2. The quantitative estimate of drug-likeness (QED) is 0.603. The molecule has 0 amide bonds. The molecule has 1 aromatic carbocycles. The van der Waals surface area contributed by atoms with Gasteiger partial charge in [0.05, 0.1) is 29.0 Å². The van der Waals surface area contributed by atoms with Crippen LogP contribution in [-0.2, 0) is 20.9 Å². The van der Waals surface area contributed by atoms with E-state index in [0.29, 0.717) is 12.3 Å². The number of hydrogen-bond acceptors (Lipinski definition) is 5. The van der Waals surface area contributed by atoms with Crippen molar-refractivity contribution in [3.63, 3.8) is 0 Å². The summed E-state index contributed by atoms with van der Waals surface area (Å²) < 4.78 is 10.4. The molecule has 2 aromatic rings. The minimum Gasteiger partial charge on any atom is -0.457 e. The third-order valence-electron chi connectivity index (χ3n) is 2.99. The molecule has 1 unspecified atom stereocenters. The maximum absolute atomic E-state index is 11.8. The van der Waals surface area contributed by atoms with Crippen molar-refractivity contribution in [2.75, 3.05) is 6.61 Å². The predicted octanol–water partition coefficient (Wildman–Crippen LogP) is 2.57. The Kier molecular flexibility index (Phi) is 5.00. The largest absolute Gasteiger partial charge is 0.457 e. The highest BCUT2D eigenvalue weighted by Crippen LogP contribution is 2.13. The van der Waals surface area contributed by atoms with E-state index in [0.717, 1.165) is 16.7 Å². The van der Waals surface area contributed by atoms with Gasteiger partial charge in [0.15, 0.2) is 6.10 Å². The normalized spacial score (nSPS) is 12.1. The number of aryl methyl sites for hydroxylation is 1. The molecule has 110 valence electrons. The Balaban J connectivity index is 2.04. The number of ether oxygens (including phenoxy) is 2. The van der Waals surface area contributed by atoms with Crippen LogP contribution >= 0.6 is 0 Å². The molecule has 5 nitrogen and oxygen atoms in total. The molecule has 0 N–H and O–H groups in total. The average Bonchev–Trinajstić information content (AvgIpc) is 2.50. The van der Waals surface area contributed by atoms with Crippen LogP contribution in [0, 0.1) is 6.92 Å². The van der Waals surface area contributed by atoms with E-state index in [1.165, 1.54) is 0 Å². The van der Waals surface area contributed by atoms with Gasteiger partial charge in [-0.1, -0.05) is 18.2 Å². The first-order valence-electron chi connectivity index (χ1n) is 6.73. The van der Waals surface area contributed by atoms with Crippen molar-refractivity contribution in [2.24, 2.45) is 0 Å². The molecule has 0 radical (unpaired) electrons. The molecule has 0 fully saturated rings. The number of benzene rings is 1. The molecule has 0 spiro atoms. The number of aromatic nitrogens is 2. The second kappa shape index (κ2) is 6.95. The fourth-order valence-electron chi connectivity index (χ4n) is 1.80. The zero-order valence-electron chi connectivity index (χ0n) is 12.2. The van der Waals surface area contributed by atoms with Crippen LogP contribution < -0.4 is 0 Å². The lowest BCUT2D eigenvalue weighted by Crippen LogP contribution is -2.23. The second-order valence-electron chi connectivity index (χ2n) is 4.62. The van der Waals surface area contributed by atoms with Crippen LogP contribution in [0.3, 0.4) is 0 Å². The lowest BCUT2D eigenvalue weighted by Gasteiger charge is -2.12. The monoisotopic (exact) mass is 286 g/mol. The van der Waals surface area contributed by atoms with Crippen molar-refractivity contribution in [2.45, 2.75) is 26.6 Å². The first-order valence-corrected chi connectivity index (χ1v) is 6.73. The minimum absolute atomic E-state index is 0.0876. The van der Waals surface area contributed by atoms with Gasteiger partial charge in [0.1, 0.15) is 6.61 Å². The molecule has 21 heavy (non-hydrogen) atoms. The van der Waals surface area contributed by atoms with E-state index in [2.05, 4.69) is 16.5 Å². The van der Waals surface area contributed by atoms with Gasteiger partial charge in [0.25, 0.3) is 0 Å². The van der Waals surface area contributed by atoms with Crippen molar-refractivity contribution in [3.05, 3.63) is 48.3 Å². The summed E-state index contributed by atoms with van der Waals surface area (Å²) >= 11 is 0. The molecule has 0 aliphatic carbocycles. The molecule has 0 bridgehead atoms. The number of carbonyl (C=O) groups excluding carboxylic acids is 1. The summed E-state index contributed by atoms with van der Waals surface area (Å²) in [7, 11) is 0.